The van der Waals surface area contributed by atoms with E-state index in [0.29, 0.717) is 11.6 Å². The normalized spacial score (nSPS) is 12.4. The number of aromatic nitrogens is 2. The molecule has 1 unspecified atom stereocenters. The molecule has 2 aromatic rings. The minimum absolute atomic E-state index is 0.0904. The fourth-order valence-corrected chi connectivity index (χ4v) is 2.10. The van der Waals surface area contributed by atoms with Crippen LogP contribution in [0.1, 0.15) is 23.0 Å². The Balaban J connectivity index is 1.97. The van der Waals surface area contributed by atoms with Crippen LogP contribution in [0.15, 0.2) is 24.3 Å². The predicted molar refractivity (Wildman–Crippen MR) is 68.3 cm³/mol. The van der Waals surface area contributed by atoms with Gasteiger partial charge in [-0.25, -0.2) is 0 Å². The molecule has 0 radical (unpaired) electrons. The summed E-state index contributed by atoms with van der Waals surface area (Å²) in [5.41, 5.74) is 5.70. The Labute approximate surface area is 108 Å². The van der Waals surface area contributed by atoms with Gasteiger partial charge in [-0.3, -0.25) is 0 Å². The molecule has 1 aromatic heterocycles. The first-order valence-electron chi connectivity index (χ1n) is 5.11. The van der Waals surface area contributed by atoms with Crippen LogP contribution in [0.2, 0.25) is 5.02 Å². The lowest BCUT2D eigenvalue weighted by atomic mass is 10.3. The molecule has 0 fully saturated rings. The molecule has 0 aliphatic heterocycles. The van der Waals surface area contributed by atoms with Gasteiger partial charge in [-0.1, -0.05) is 29.0 Å². The number of nitrogens with zero attached hydrogens (tertiary/aromatic N) is 2. The lowest BCUT2D eigenvalue weighted by molar-refractivity contribution is 0.304. The van der Waals surface area contributed by atoms with Crippen LogP contribution in [0.5, 0.6) is 5.75 Å². The van der Waals surface area contributed by atoms with Gasteiger partial charge in [-0.05, 0) is 25.1 Å². The highest BCUT2D eigenvalue weighted by Crippen LogP contribution is 2.20. The van der Waals surface area contributed by atoms with Gasteiger partial charge in [0.05, 0.1) is 6.04 Å². The van der Waals surface area contributed by atoms with Crippen molar-refractivity contribution in [1.29, 1.82) is 0 Å². The Morgan fingerprint density at radius 1 is 1.47 bits per heavy atom. The number of nitrogens with two attached hydrogens (primary N) is 1. The van der Waals surface area contributed by atoms with Gasteiger partial charge in [0.1, 0.15) is 17.4 Å². The van der Waals surface area contributed by atoms with Crippen LogP contribution in [0.4, 0.5) is 0 Å². The number of rotatable bonds is 4. The highest BCUT2D eigenvalue weighted by Gasteiger charge is 2.08. The van der Waals surface area contributed by atoms with E-state index in [9.17, 15) is 0 Å². The van der Waals surface area contributed by atoms with Crippen LogP contribution in [-0.2, 0) is 6.61 Å². The molecule has 0 aliphatic carbocycles. The summed E-state index contributed by atoms with van der Waals surface area (Å²) in [4.78, 5) is 0. The van der Waals surface area contributed by atoms with Crippen molar-refractivity contribution in [2.75, 3.05) is 0 Å². The van der Waals surface area contributed by atoms with Gasteiger partial charge in [-0.15, -0.1) is 10.2 Å². The summed E-state index contributed by atoms with van der Waals surface area (Å²) in [6.45, 7) is 2.26. The summed E-state index contributed by atoms with van der Waals surface area (Å²) in [5, 5.41) is 10.3. The largest absolute Gasteiger partial charge is 0.486 e. The van der Waals surface area contributed by atoms with Gasteiger partial charge in [0.2, 0.25) is 0 Å². The standard InChI is InChI=1S/C11H12ClN3OS/c1-7(13)11-15-14-10(17-11)6-16-9-4-2-3-8(12)5-9/h2-5,7H,6,13H2,1H3. The van der Waals surface area contributed by atoms with E-state index in [0.717, 1.165) is 15.8 Å². The van der Waals surface area contributed by atoms with Crippen molar-refractivity contribution in [3.05, 3.63) is 39.3 Å². The van der Waals surface area contributed by atoms with E-state index in [1.165, 1.54) is 11.3 Å². The molecule has 2 rings (SSSR count). The summed E-state index contributed by atoms with van der Waals surface area (Å²) < 4.78 is 5.55. The maximum Gasteiger partial charge on any atom is 0.155 e. The van der Waals surface area contributed by atoms with Gasteiger partial charge < -0.3 is 10.5 Å². The van der Waals surface area contributed by atoms with Crippen LogP contribution in [-0.4, -0.2) is 10.2 Å². The van der Waals surface area contributed by atoms with E-state index in [1.54, 1.807) is 12.1 Å². The lowest BCUT2D eigenvalue weighted by Crippen LogP contribution is -2.03. The second kappa shape index (κ2) is 5.44. The molecule has 0 amide bonds. The maximum atomic E-state index is 5.85. The first-order valence-corrected chi connectivity index (χ1v) is 6.31. The Kier molecular flexibility index (Phi) is 3.93. The molecular weight excluding hydrogens is 258 g/mol. The Bertz CT molecular complexity index is 501. The average molecular weight is 270 g/mol. The maximum absolute atomic E-state index is 5.85. The molecule has 4 nitrogen and oxygen atoms in total. The van der Waals surface area contributed by atoms with Gasteiger partial charge in [-0.2, -0.15) is 0 Å². The van der Waals surface area contributed by atoms with Crippen LogP contribution in [0.25, 0.3) is 0 Å². The van der Waals surface area contributed by atoms with Gasteiger partial charge >= 0.3 is 0 Å². The van der Waals surface area contributed by atoms with E-state index < -0.39 is 0 Å². The van der Waals surface area contributed by atoms with Crippen LogP contribution in [0.3, 0.4) is 0 Å². The molecule has 1 aromatic carbocycles. The van der Waals surface area contributed by atoms with Crippen LogP contribution >= 0.6 is 22.9 Å². The highest BCUT2D eigenvalue weighted by atomic mass is 35.5. The van der Waals surface area contributed by atoms with Crippen molar-refractivity contribution >= 4 is 22.9 Å². The van der Waals surface area contributed by atoms with Crippen molar-refractivity contribution in [3.63, 3.8) is 0 Å². The van der Waals surface area contributed by atoms with Crippen LogP contribution < -0.4 is 10.5 Å². The smallest absolute Gasteiger partial charge is 0.155 e. The lowest BCUT2D eigenvalue weighted by Gasteiger charge is -2.03. The predicted octanol–water partition coefficient (Wildman–Crippen LogP) is 2.79. The SMILES string of the molecule is CC(N)c1nnc(COc2cccc(Cl)c2)s1. The molecule has 6 heteroatoms. The Morgan fingerprint density at radius 2 is 2.29 bits per heavy atom. The highest BCUT2D eigenvalue weighted by molar-refractivity contribution is 7.11. The number of ether oxygens (including phenoxy) is 1. The third-order valence-electron chi connectivity index (χ3n) is 2.03. The van der Waals surface area contributed by atoms with Crippen molar-refractivity contribution in [1.82, 2.24) is 10.2 Å². The second-order valence-corrected chi connectivity index (χ2v) is 5.10. The minimum atomic E-state index is -0.0904. The van der Waals surface area contributed by atoms with E-state index in [2.05, 4.69) is 10.2 Å². The quantitative estimate of drug-likeness (QED) is 0.927. The summed E-state index contributed by atoms with van der Waals surface area (Å²) in [5.74, 6) is 0.718. The third-order valence-corrected chi connectivity index (χ3v) is 3.36. The van der Waals surface area contributed by atoms with E-state index in [-0.39, 0.29) is 6.04 Å². The first kappa shape index (κ1) is 12.3. The summed E-state index contributed by atoms with van der Waals surface area (Å²) in [6.07, 6.45) is 0. The fourth-order valence-electron chi connectivity index (χ4n) is 1.21. The zero-order valence-corrected chi connectivity index (χ0v) is 10.8. The van der Waals surface area contributed by atoms with E-state index in [4.69, 9.17) is 22.1 Å². The zero-order valence-electron chi connectivity index (χ0n) is 9.26. The van der Waals surface area contributed by atoms with Crippen LogP contribution in [0, 0.1) is 0 Å². The van der Waals surface area contributed by atoms with Crippen molar-refractivity contribution in [2.45, 2.75) is 19.6 Å². The third kappa shape index (κ3) is 3.39. The van der Waals surface area contributed by atoms with Crippen molar-refractivity contribution < 1.29 is 4.74 Å². The second-order valence-electron chi connectivity index (χ2n) is 3.57. The number of hydrogen-bond donors (Lipinski definition) is 1. The monoisotopic (exact) mass is 269 g/mol. The zero-order chi connectivity index (χ0) is 12.3. The molecule has 0 bridgehead atoms. The number of halogens is 1. The molecule has 90 valence electrons. The van der Waals surface area contributed by atoms with E-state index in [1.807, 2.05) is 19.1 Å². The molecule has 1 atom stereocenters. The summed E-state index contributed by atoms with van der Waals surface area (Å²) in [6, 6.07) is 7.15. The Hall–Kier alpha value is -1.17. The fraction of sp³-hybridized carbons (Fsp3) is 0.273. The van der Waals surface area contributed by atoms with Gasteiger partial charge in [0.25, 0.3) is 0 Å². The first-order chi connectivity index (χ1) is 8.15. The van der Waals surface area contributed by atoms with E-state index >= 15 is 0 Å². The Morgan fingerprint density at radius 3 is 2.94 bits per heavy atom. The average Bonchev–Trinajstić information content (AvgIpc) is 2.75. The van der Waals surface area contributed by atoms with Crippen molar-refractivity contribution in [2.24, 2.45) is 5.73 Å². The summed E-state index contributed by atoms with van der Waals surface area (Å²) >= 11 is 7.31. The minimum Gasteiger partial charge on any atom is -0.486 e. The molecule has 17 heavy (non-hydrogen) atoms. The molecule has 0 saturated carbocycles. The van der Waals surface area contributed by atoms with Gasteiger partial charge in [0.15, 0.2) is 5.01 Å². The molecule has 0 aliphatic rings. The molecule has 1 heterocycles. The molecule has 2 N–H and O–H groups in total. The van der Waals surface area contributed by atoms with Crippen molar-refractivity contribution in [3.8, 4) is 5.75 Å². The van der Waals surface area contributed by atoms with Gasteiger partial charge in [0, 0.05) is 5.02 Å². The molecular formula is C11H12ClN3OS. The summed E-state index contributed by atoms with van der Waals surface area (Å²) in [7, 11) is 0. The number of benzene rings is 1. The number of hydrogen-bond acceptors (Lipinski definition) is 5. The molecule has 0 spiro atoms. The molecule has 0 saturated heterocycles. The topological polar surface area (TPSA) is 61.0 Å².